The molecule has 1 N–H and O–H groups in total. The number of carbonyl (C=O) groups excluding carboxylic acids is 1. The molecule has 2 rings (SSSR count). The van der Waals surface area contributed by atoms with Crippen LogP contribution in [-0.2, 0) is 11.3 Å². The lowest BCUT2D eigenvalue weighted by Gasteiger charge is -2.23. The van der Waals surface area contributed by atoms with Crippen LogP contribution in [-0.4, -0.2) is 39.6 Å². The lowest BCUT2D eigenvalue weighted by molar-refractivity contribution is -0.123. The van der Waals surface area contributed by atoms with Crippen LogP contribution in [0.1, 0.15) is 39.1 Å². The average molecular weight is 330 g/mol. The number of hydrogen-bond acceptors (Lipinski definition) is 5. The fourth-order valence-electron chi connectivity index (χ4n) is 2.27. The van der Waals surface area contributed by atoms with Crippen molar-refractivity contribution in [3.05, 3.63) is 35.7 Å². The van der Waals surface area contributed by atoms with Crippen LogP contribution in [0.4, 0.5) is 0 Å². The molecule has 0 radical (unpaired) electrons. The number of carbonyl (C=O) groups is 1. The summed E-state index contributed by atoms with van der Waals surface area (Å²) in [5.41, 5.74) is 1.87. The van der Waals surface area contributed by atoms with E-state index in [4.69, 9.17) is 4.52 Å². The summed E-state index contributed by atoms with van der Waals surface area (Å²) in [5, 5.41) is 6.99. The standard InChI is InChI=1S/C18H26N4O2/c1-6-22(11-15(23)20-18(3,4)5)12-16-19-17(21-24-16)14-9-7-13(2)8-10-14/h7-10H,6,11-12H2,1-5H3,(H,20,23). The van der Waals surface area contributed by atoms with Crippen LogP contribution >= 0.6 is 0 Å². The van der Waals surface area contributed by atoms with Gasteiger partial charge in [-0.1, -0.05) is 41.9 Å². The van der Waals surface area contributed by atoms with E-state index in [0.29, 0.717) is 24.8 Å². The van der Waals surface area contributed by atoms with Crippen molar-refractivity contribution in [2.45, 2.75) is 46.7 Å². The Bertz CT molecular complexity index is 671. The number of hydrogen-bond donors (Lipinski definition) is 1. The maximum atomic E-state index is 12.1. The monoisotopic (exact) mass is 330 g/mol. The molecule has 0 aliphatic heterocycles. The minimum atomic E-state index is -0.237. The number of aromatic nitrogens is 2. The van der Waals surface area contributed by atoms with Crippen molar-refractivity contribution >= 4 is 5.91 Å². The Labute approximate surface area is 143 Å². The Balaban J connectivity index is 1.99. The Hall–Kier alpha value is -2.21. The molecule has 0 atom stereocenters. The molecule has 0 aliphatic carbocycles. The predicted molar refractivity (Wildman–Crippen MR) is 93.3 cm³/mol. The van der Waals surface area contributed by atoms with E-state index >= 15 is 0 Å². The molecule has 24 heavy (non-hydrogen) atoms. The molecule has 1 heterocycles. The quantitative estimate of drug-likeness (QED) is 0.882. The number of likely N-dealkylation sites (N-methyl/N-ethyl adjacent to an activating group) is 1. The summed E-state index contributed by atoms with van der Waals surface area (Å²) in [4.78, 5) is 18.5. The molecule has 0 saturated heterocycles. The second-order valence-electron chi connectivity index (χ2n) is 6.98. The highest BCUT2D eigenvalue weighted by Crippen LogP contribution is 2.17. The van der Waals surface area contributed by atoms with Crippen LogP contribution in [0.25, 0.3) is 11.4 Å². The Morgan fingerprint density at radius 3 is 2.50 bits per heavy atom. The molecule has 0 fully saturated rings. The zero-order valence-corrected chi connectivity index (χ0v) is 15.1. The third kappa shape index (κ3) is 5.45. The van der Waals surface area contributed by atoms with Crippen LogP contribution < -0.4 is 5.32 Å². The number of benzene rings is 1. The van der Waals surface area contributed by atoms with Crippen molar-refractivity contribution in [3.8, 4) is 11.4 Å². The molecule has 2 aromatic rings. The van der Waals surface area contributed by atoms with Gasteiger partial charge in [0, 0.05) is 11.1 Å². The molecule has 0 bridgehead atoms. The predicted octanol–water partition coefficient (Wildman–Crippen LogP) is 2.78. The van der Waals surface area contributed by atoms with E-state index in [1.807, 2.05) is 63.8 Å². The van der Waals surface area contributed by atoms with Crippen LogP contribution in [0.3, 0.4) is 0 Å². The second-order valence-corrected chi connectivity index (χ2v) is 6.98. The first-order chi connectivity index (χ1) is 11.3. The smallest absolute Gasteiger partial charge is 0.241 e. The highest BCUT2D eigenvalue weighted by atomic mass is 16.5. The molecule has 1 aromatic carbocycles. The van der Waals surface area contributed by atoms with Crippen LogP contribution in [0.15, 0.2) is 28.8 Å². The van der Waals surface area contributed by atoms with Gasteiger partial charge in [0.05, 0.1) is 13.1 Å². The van der Waals surface area contributed by atoms with Gasteiger partial charge < -0.3 is 9.84 Å². The van der Waals surface area contributed by atoms with Gasteiger partial charge in [-0.3, -0.25) is 9.69 Å². The third-order valence-electron chi connectivity index (χ3n) is 3.47. The van der Waals surface area contributed by atoms with E-state index in [1.165, 1.54) is 5.56 Å². The van der Waals surface area contributed by atoms with Crippen molar-refractivity contribution in [2.75, 3.05) is 13.1 Å². The molecule has 130 valence electrons. The third-order valence-corrected chi connectivity index (χ3v) is 3.47. The van der Waals surface area contributed by atoms with E-state index in [9.17, 15) is 4.79 Å². The lowest BCUT2D eigenvalue weighted by Crippen LogP contribution is -2.45. The average Bonchev–Trinajstić information content (AvgIpc) is 2.94. The van der Waals surface area contributed by atoms with Gasteiger partial charge in [-0.05, 0) is 34.2 Å². The highest BCUT2D eigenvalue weighted by molar-refractivity contribution is 5.78. The van der Waals surface area contributed by atoms with Gasteiger partial charge >= 0.3 is 0 Å². The molecular formula is C18H26N4O2. The number of rotatable bonds is 6. The van der Waals surface area contributed by atoms with Crippen LogP contribution in [0, 0.1) is 6.92 Å². The highest BCUT2D eigenvalue weighted by Gasteiger charge is 2.18. The summed E-state index contributed by atoms with van der Waals surface area (Å²) >= 11 is 0. The minimum Gasteiger partial charge on any atom is -0.350 e. The summed E-state index contributed by atoms with van der Waals surface area (Å²) < 4.78 is 5.33. The SMILES string of the molecule is CCN(CC(=O)NC(C)(C)C)Cc1nc(-c2ccc(C)cc2)no1. The first-order valence-corrected chi connectivity index (χ1v) is 8.20. The number of amides is 1. The van der Waals surface area contributed by atoms with Gasteiger partial charge in [0.15, 0.2) is 0 Å². The van der Waals surface area contributed by atoms with Crippen LogP contribution in [0.2, 0.25) is 0 Å². The van der Waals surface area contributed by atoms with E-state index < -0.39 is 0 Å². The molecule has 0 saturated carbocycles. The van der Waals surface area contributed by atoms with Crippen molar-refractivity contribution < 1.29 is 9.32 Å². The molecule has 0 unspecified atom stereocenters. The summed E-state index contributed by atoms with van der Waals surface area (Å²) in [6.45, 7) is 11.4. The molecule has 1 amide bonds. The number of nitrogens with one attached hydrogen (secondary N) is 1. The molecule has 1 aromatic heterocycles. The largest absolute Gasteiger partial charge is 0.350 e. The Morgan fingerprint density at radius 2 is 1.92 bits per heavy atom. The Morgan fingerprint density at radius 1 is 1.25 bits per heavy atom. The van der Waals surface area contributed by atoms with Crippen molar-refractivity contribution in [1.82, 2.24) is 20.4 Å². The summed E-state index contributed by atoms with van der Waals surface area (Å²) in [6, 6.07) is 7.97. The molecular weight excluding hydrogens is 304 g/mol. The Kier molecular flexibility index (Phi) is 5.72. The van der Waals surface area contributed by atoms with Gasteiger partial charge in [-0.2, -0.15) is 4.98 Å². The van der Waals surface area contributed by atoms with Crippen LogP contribution in [0.5, 0.6) is 0 Å². The molecule has 6 nitrogen and oxygen atoms in total. The van der Waals surface area contributed by atoms with E-state index in [1.54, 1.807) is 0 Å². The fourth-order valence-corrected chi connectivity index (χ4v) is 2.27. The maximum absolute atomic E-state index is 12.1. The van der Waals surface area contributed by atoms with E-state index in [2.05, 4.69) is 15.5 Å². The van der Waals surface area contributed by atoms with Gasteiger partial charge in [0.1, 0.15) is 0 Å². The summed E-state index contributed by atoms with van der Waals surface area (Å²) in [7, 11) is 0. The van der Waals surface area contributed by atoms with Gasteiger partial charge in [-0.25, -0.2) is 0 Å². The molecule has 0 spiro atoms. The number of nitrogens with zero attached hydrogens (tertiary/aromatic N) is 3. The first kappa shape index (κ1) is 18.1. The minimum absolute atomic E-state index is 0.0115. The van der Waals surface area contributed by atoms with Gasteiger partial charge in [0.2, 0.25) is 17.6 Å². The first-order valence-electron chi connectivity index (χ1n) is 8.20. The molecule has 6 heteroatoms. The summed E-state index contributed by atoms with van der Waals surface area (Å²) in [6.07, 6.45) is 0. The van der Waals surface area contributed by atoms with E-state index in [0.717, 1.165) is 12.1 Å². The lowest BCUT2D eigenvalue weighted by atomic mass is 10.1. The van der Waals surface area contributed by atoms with E-state index in [-0.39, 0.29) is 11.4 Å². The van der Waals surface area contributed by atoms with Gasteiger partial charge in [0.25, 0.3) is 0 Å². The van der Waals surface area contributed by atoms with Crippen molar-refractivity contribution in [2.24, 2.45) is 0 Å². The zero-order valence-electron chi connectivity index (χ0n) is 15.1. The fraction of sp³-hybridized carbons (Fsp3) is 0.500. The maximum Gasteiger partial charge on any atom is 0.241 e. The van der Waals surface area contributed by atoms with Crippen molar-refractivity contribution in [1.29, 1.82) is 0 Å². The zero-order chi connectivity index (χ0) is 17.7. The normalized spacial score (nSPS) is 11.8. The molecule has 0 aliphatic rings. The van der Waals surface area contributed by atoms with Crippen molar-refractivity contribution in [3.63, 3.8) is 0 Å². The second kappa shape index (κ2) is 7.57. The number of aryl methyl sites for hydroxylation is 1. The van der Waals surface area contributed by atoms with Gasteiger partial charge in [-0.15, -0.1) is 0 Å². The topological polar surface area (TPSA) is 71.3 Å². The summed E-state index contributed by atoms with van der Waals surface area (Å²) in [5.74, 6) is 1.07.